The molecule has 1 amide bonds. The summed E-state index contributed by atoms with van der Waals surface area (Å²) in [6, 6.07) is 16.7. The zero-order chi connectivity index (χ0) is 19.6. The van der Waals surface area contributed by atoms with E-state index in [2.05, 4.69) is 52.1 Å². The van der Waals surface area contributed by atoms with E-state index in [4.69, 9.17) is 0 Å². The Labute approximate surface area is 170 Å². The normalized spacial score (nSPS) is 29.7. The Morgan fingerprint density at radius 2 is 1.90 bits per heavy atom. The number of aromatic nitrogens is 2. The van der Waals surface area contributed by atoms with Gasteiger partial charge in [0, 0.05) is 24.6 Å². The van der Waals surface area contributed by atoms with Crippen LogP contribution in [0.5, 0.6) is 0 Å². The molecule has 29 heavy (non-hydrogen) atoms. The van der Waals surface area contributed by atoms with E-state index < -0.39 is 0 Å². The number of aryl methyl sites for hydroxylation is 1. The van der Waals surface area contributed by atoms with Crippen molar-refractivity contribution in [1.29, 1.82) is 0 Å². The highest BCUT2D eigenvalue weighted by Crippen LogP contribution is 2.74. The van der Waals surface area contributed by atoms with Crippen LogP contribution in [0.25, 0.3) is 10.9 Å². The SMILES string of the molecule is Cc1cccc2c1cnn2CC12CC(C(=O)N3N=CCC3c3ccccc3)(C1)C2. The van der Waals surface area contributed by atoms with Gasteiger partial charge in [0.05, 0.1) is 23.2 Å². The van der Waals surface area contributed by atoms with E-state index in [0.717, 1.165) is 37.8 Å². The molecule has 1 unspecified atom stereocenters. The van der Waals surface area contributed by atoms with Crippen LogP contribution in [0.4, 0.5) is 0 Å². The molecule has 5 heteroatoms. The number of hydrogen-bond donors (Lipinski definition) is 0. The van der Waals surface area contributed by atoms with Gasteiger partial charge in [0.25, 0.3) is 0 Å². The summed E-state index contributed by atoms with van der Waals surface area (Å²) in [5.74, 6) is 0.211. The summed E-state index contributed by atoms with van der Waals surface area (Å²) in [5.41, 5.74) is 3.65. The van der Waals surface area contributed by atoms with E-state index in [1.54, 1.807) is 5.01 Å². The highest BCUT2D eigenvalue weighted by molar-refractivity contribution is 5.88. The van der Waals surface area contributed by atoms with Crippen LogP contribution in [0, 0.1) is 17.8 Å². The number of rotatable bonds is 4. The Bertz CT molecular complexity index is 1130. The summed E-state index contributed by atoms with van der Waals surface area (Å²) < 4.78 is 2.14. The lowest BCUT2D eigenvalue weighted by Gasteiger charge is -2.69. The number of hydrogen-bond acceptors (Lipinski definition) is 3. The van der Waals surface area contributed by atoms with Crippen LogP contribution in [-0.2, 0) is 11.3 Å². The van der Waals surface area contributed by atoms with Gasteiger partial charge in [-0.3, -0.25) is 9.48 Å². The molecule has 1 aromatic heterocycles. The fourth-order valence-electron chi connectivity index (χ4n) is 5.89. The maximum Gasteiger partial charge on any atom is 0.249 e. The first-order chi connectivity index (χ1) is 14.1. The predicted molar refractivity (Wildman–Crippen MR) is 112 cm³/mol. The van der Waals surface area contributed by atoms with Gasteiger partial charge < -0.3 is 0 Å². The van der Waals surface area contributed by atoms with Crippen LogP contribution in [-0.4, -0.2) is 26.9 Å². The second-order valence-electron chi connectivity index (χ2n) is 9.23. The second kappa shape index (κ2) is 5.78. The third-order valence-corrected chi connectivity index (χ3v) is 7.21. The Morgan fingerprint density at radius 1 is 1.10 bits per heavy atom. The molecule has 2 bridgehead atoms. The van der Waals surface area contributed by atoms with Crippen molar-refractivity contribution in [3.8, 4) is 0 Å². The molecule has 3 aliphatic carbocycles. The number of hydrazone groups is 1. The molecule has 1 aliphatic heterocycles. The summed E-state index contributed by atoms with van der Waals surface area (Å²) in [4.78, 5) is 13.4. The third kappa shape index (κ3) is 2.36. The van der Waals surface area contributed by atoms with Crippen LogP contribution in [0.1, 0.15) is 42.9 Å². The topological polar surface area (TPSA) is 50.5 Å². The highest BCUT2D eigenvalue weighted by Gasteiger charge is 2.72. The monoisotopic (exact) mass is 384 g/mol. The average Bonchev–Trinajstić information content (AvgIpc) is 3.32. The van der Waals surface area contributed by atoms with E-state index >= 15 is 0 Å². The number of fused-ring (bicyclic) bond motifs is 1. The van der Waals surface area contributed by atoms with Crippen LogP contribution < -0.4 is 0 Å². The summed E-state index contributed by atoms with van der Waals surface area (Å²) in [7, 11) is 0. The number of nitrogens with zero attached hydrogens (tertiary/aromatic N) is 4. The van der Waals surface area contributed by atoms with E-state index in [1.807, 2.05) is 30.6 Å². The number of benzene rings is 2. The zero-order valence-corrected chi connectivity index (χ0v) is 16.6. The molecule has 7 rings (SSSR count). The third-order valence-electron chi connectivity index (χ3n) is 7.21. The molecule has 5 nitrogen and oxygen atoms in total. The number of carbonyl (C=O) groups excluding carboxylic acids is 1. The molecule has 146 valence electrons. The zero-order valence-electron chi connectivity index (χ0n) is 16.6. The Kier molecular flexibility index (Phi) is 3.38. The minimum absolute atomic E-state index is 0.0479. The fraction of sp³-hybridized carbons (Fsp3) is 0.375. The van der Waals surface area contributed by atoms with Gasteiger partial charge in [-0.15, -0.1) is 0 Å². The van der Waals surface area contributed by atoms with Gasteiger partial charge in [-0.05, 0) is 48.8 Å². The summed E-state index contributed by atoms with van der Waals surface area (Å²) in [6.45, 7) is 3.03. The Hall–Kier alpha value is -2.95. The molecule has 1 atom stereocenters. The van der Waals surface area contributed by atoms with Crippen molar-refractivity contribution in [3.05, 3.63) is 65.9 Å². The summed E-state index contributed by atoms with van der Waals surface area (Å²) in [5, 5.41) is 12.1. The van der Waals surface area contributed by atoms with Crippen molar-refractivity contribution in [1.82, 2.24) is 14.8 Å². The summed E-state index contributed by atoms with van der Waals surface area (Å²) in [6.07, 6.45) is 7.53. The quantitative estimate of drug-likeness (QED) is 0.666. The smallest absolute Gasteiger partial charge is 0.249 e. The molecule has 0 saturated heterocycles. The highest BCUT2D eigenvalue weighted by atomic mass is 16.2. The molecule has 2 aromatic carbocycles. The van der Waals surface area contributed by atoms with Gasteiger partial charge >= 0.3 is 0 Å². The predicted octanol–water partition coefficient (Wildman–Crippen LogP) is 4.47. The van der Waals surface area contributed by atoms with Crippen molar-refractivity contribution < 1.29 is 4.79 Å². The molecule has 4 aliphatic rings. The van der Waals surface area contributed by atoms with E-state index in [1.165, 1.54) is 16.5 Å². The molecular weight excluding hydrogens is 360 g/mol. The molecule has 0 radical (unpaired) electrons. The van der Waals surface area contributed by atoms with Gasteiger partial charge in [-0.25, -0.2) is 5.01 Å². The van der Waals surface area contributed by atoms with Gasteiger partial charge in [-0.2, -0.15) is 10.2 Å². The largest absolute Gasteiger partial charge is 0.272 e. The molecule has 3 fully saturated rings. The van der Waals surface area contributed by atoms with Crippen molar-refractivity contribution in [2.24, 2.45) is 15.9 Å². The molecule has 0 N–H and O–H groups in total. The fourth-order valence-corrected chi connectivity index (χ4v) is 5.89. The molecular formula is C24H24N4O. The lowest BCUT2D eigenvalue weighted by Crippen LogP contribution is -2.68. The average molecular weight is 384 g/mol. The van der Waals surface area contributed by atoms with Crippen molar-refractivity contribution >= 4 is 23.0 Å². The molecule has 3 aromatic rings. The van der Waals surface area contributed by atoms with Crippen LogP contribution in [0.2, 0.25) is 0 Å². The Morgan fingerprint density at radius 3 is 2.69 bits per heavy atom. The van der Waals surface area contributed by atoms with E-state index in [9.17, 15) is 4.79 Å². The first-order valence-corrected chi connectivity index (χ1v) is 10.4. The number of carbonyl (C=O) groups is 1. The Balaban J connectivity index is 1.18. The van der Waals surface area contributed by atoms with Crippen molar-refractivity contribution in [2.45, 2.75) is 45.2 Å². The van der Waals surface area contributed by atoms with Gasteiger partial charge in [-0.1, -0.05) is 42.5 Å². The minimum atomic E-state index is -0.201. The standard InChI is InChI=1S/C24H24N4O/c1-17-6-5-9-21-19(17)12-26-27(21)16-23-13-24(14-23,15-23)22(29)28-20(10-11-25-28)18-7-3-2-4-8-18/h2-9,11-12,20H,10,13-16H2,1H3. The van der Waals surface area contributed by atoms with E-state index in [-0.39, 0.29) is 22.8 Å². The molecule has 3 saturated carbocycles. The van der Waals surface area contributed by atoms with Crippen molar-refractivity contribution in [3.63, 3.8) is 0 Å². The van der Waals surface area contributed by atoms with Gasteiger partial charge in [0.15, 0.2) is 0 Å². The molecule has 0 spiro atoms. The van der Waals surface area contributed by atoms with Crippen LogP contribution in [0.3, 0.4) is 0 Å². The minimum Gasteiger partial charge on any atom is -0.272 e. The molecule has 2 heterocycles. The van der Waals surface area contributed by atoms with Crippen LogP contribution >= 0.6 is 0 Å². The lowest BCUT2D eigenvalue weighted by molar-refractivity contribution is -0.223. The summed E-state index contributed by atoms with van der Waals surface area (Å²) >= 11 is 0. The van der Waals surface area contributed by atoms with Gasteiger partial charge in [0.2, 0.25) is 5.91 Å². The van der Waals surface area contributed by atoms with Crippen molar-refractivity contribution in [2.75, 3.05) is 0 Å². The second-order valence-corrected chi connectivity index (χ2v) is 9.23. The first kappa shape index (κ1) is 17.0. The lowest BCUT2D eigenvalue weighted by atomic mass is 9.34. The number of amides is 1. The first-order valence-electron chi connectivity index (χ1n) is 10.4. The maximum atomic E-state index is 13.4. The van der Waals surface area contributed by atoms with Gasteiger partial charge in [0.1, 0.15) is 0 Å². The maximum absolute atomic E-state index is 13.4. The van der Waals surface area contributed by atoms with E-state index in [0.29, 0.717) is 0 Å². The van der Waals surface area contributed by atoms with Crippen LogP contribution in [0.15, 0.2) is 59.8 Å².